The first-order valence-corrected chi connectivity index (χ1v) is 8.71. The van der Waals surface area contributed by atoms with Gasteiger partial charge in [0.1, 0.15) is 12.2 Å². The van der Waals surface area contributed by atoms with Crippen LogP contribution in [-0.4, -0.2) is 23.0 Å². The van der Waals surface area contributed by atoms with Crippen LogP contribution in [0.1, 0.15) is 37.5 Å². The van der Waals surface area contributed by atoms with E-state index in [-0.39, 0.29) is 12.4 Å². The third-order valence-electron chi connectivity index (χ3n) is 4.77. The number of rotatable bonds is 3. The first kappa shape index (κ1) is 19.3. The minimum Gasteiger partial charge on any atom is -1.00 e. The Balaban J connectivity index is 0.00000225. The lowest BCUT2D eigenvalue weighted by molar-refractivity contribution is -0.546. The molecule has 1 heterocycles. The van der Waals surface area contributed by atoms with Crippen LogP contribution in [0.3, 0.4) is 0 Å². The monoisotopic (exact) mass is 354 g/mol. The number of anilines is 1. The van der Waals surface area contributed by atoms with E-state index in [9.17, 15) is 0 Å². The van der Waals surface area contributed by atoms with E-state index in [1.54, 1.807) is 0 Å². The summed E-state index contributed by atoms with van der Waals surface area (Å²) < 4.78 is 2.46. The highest BCUT2D eigenvalue weighted by molar-refractivity contribution is 6.27. The molecule has 0 saturated carbocycles. The second kappa shape index (κ2) is 7.88. The molecule has 1 aliphatic heterocycles. The molecule has 1 aliphatic rings. The fraction of sp³-hybridized carbons (Fsp3) is 0.318. The molecule has 1 N–H and O–H groups in total. The Hall–Kier alpha value is -2.06. The number of nitrogens with zero attached hydrogens (tertiary/aromatic N) is 1. The zero-order chi connectivity index (χ0) is 17.3. The summed E-state index contributed by atoms with van der Waals surface area (Å²) in [5, 5.41) is 3.77. The van der Waals surface area contributed by atoms with Crippen molar-refractivity contribution in [2.45, 2.75) is 40.7 Å². The first-order chi connectivity index (χ1) is 11.5. The zero-order valence-corrected chi connectivity index (χ0v) is 16.5. The predicted molar refractivity (Wildman–Crippen MR) is 104 cm³/mol. The number of hydrogen-bond donors (Lipinski definition) is 1. The van der Waals surface area contributed by atoms with Gasteiger partial charge < -0.3 is 12.4 Å². The second-order valence-corrected chi connectivity index (χ2v) is 6.98. The van der Waals surface area contributed by atoms with Crippen LogP contribution in [0.2, 0.25) is 0 Å². The molecule has 3 rings (SSSR count). The zero-order valence-electron chi connectivity index (χ0n) is 15.7. The van der Waals surface area contributed by atoms with E-state index in [0.29, 0.717) is 6.04 Å². The number of hydrogen-bond acceptors (Lipinski definition) is 1. The Bertz CT molecular complexity index is 797. The fourth-order valence-corrected chi connectivity index (χ4v) is 3.45. The van der Waals surface area contributed by atoms with Gasteiger partial charge in [0.05, 0.1) is 11.6 Å². The molecule has 25 heavy (non-hydrogen) atoms. The third kappa shape index (κ3) is 3.80. The van der Waals surface area contributed by atoms with Gasteiger partial charge in [-0.25, -0.2) is 5.32 Å². The molecule has 0 atom stereocenters. The molecule has 0 amide bonds. The second-order valence-electron chi connectivity index (χ2n) is 6.98. The van der Waals surface area contributed by atoms with Crippen LogP contribution in [0.25, 0.3) is 5.57 Å². The lowest BCUT2D eigenvalue weighted by Crippen LogP contribution is -3.00. The molecule has 2 aromatic rings. The van der Waals surface area contributed by atoms with Gasteiger partial charge in [-0.1, -0.05) is 48.5 Å². The van der Waals surface area contributed by atoms with Crippen molar-refractivity contribution >= 4 is 17.1 Å². The van der Waals surface area contributed by atoms with E-state index in [1.807, 2.05) is 0 Å². The predicted octanol–water partition coefficient (Wildman–Crippen LogP) is 2.03. The number of aryl methyl sites for hydroxylation is 2. The molecular weight excluding hydrogens is 328 g/mol. The van der Waals surface area contributed by atoms with E-state index in [4.69, 9.17) is 0 Å². The van der Waals surface area contributed by atoms with Crippen LogP contribution in [0.5, 0.6) is 0 Å². The first-order valence-electron chi connectivity index (χ1n) is 8.71. The standard InChI is InChI=1S/C22H26N2.ClH/c1-15(2)24-14-18(5)20(19-12-7-6-8-13-19)22(24)23-21-16(3)10-9-11-17(21)4;/h6-13,15H,14H2,1-5H3;1H. The van der Waals surface area contributed by atoms with Crippen LogP contribution in [0.4, 0.5) is 5.69 Å². The van der Waals surface area contributed by atoms with Crippen LogP contribution in [0.15, 0.2) is 54.1 Å². The maximum absolute atomic E-state index is 3.77. The molecule has 0 radical (unpaired) electrons. The van der Waals surface area contributed by atoms with Crippen molar-refractivity contribution in [2.24, 2.45) is 0 Å². The summed E-state index contributed by atoms with van der Waals surface area (Å²) in [6.07, 6.45) is 0. The van der Waals surface area contributed by atoms with Crippen LogP contribution < -0.4 is 17.7 Å². The molecule has 0 spiro atoms. The Morgan fingerprint density at radius 2 is 1.48 bits per heavy atom. The summed E-state index contributed by atoms with van der Waals surface area (Å²) in [4.78, 5) is 0. The van der Waals surface area contributed by atoms with Crippen LogP contribution >= 0.6 is 0 Å². The summed E-state index contributed by atoms with van der Waals surface area (Å²) in [6, 6.07) is 17.6. The average molecular weight is 355 g/mol. The number of nitrogens with one attached hydrogen (secondary N) is 1. The molecule has 0 unspecified atom stereocenters. The molecule has 2 nitrogen and oxygen atoms in total. The van der Waals surface area contributed by atoms with Crippen molar-refractivity contribution in [1.29, 1.82) is 0 Å². The SMILES string of the molecule is CC1=C(c2ccccc2)C(Nc2c(C)cccc2C)=[N+](C(C)C)C1.[Cl-]. The average Bonchev–Trinajstić information content (AvgIpc) is 2.88. The van der Waals surface area contributed by atoms with Gasteiger partial charge >= 0.3 is 0 Å². The summed E-state index contributed by atoms with van der Waals surface area (Å²) in [6.45, 7) is 12.1. The normalized spacial score (nSPS) is 14.2. The molecule has 132 valence electrons. The summed E-state index contributed by atoms with van der Waals surface area (Å²) in [5.41, 5.74) is 7.83. The van der Waals surface area contributed by atoms with Gasteiger partial charge in [0.25, 0.3) is 5.84 Å². The van der Waals surface area contributed by atoms with E-state index in [0.717, 1.165) is 6.54 Å². The van der Waals surface area contributed by atoms with E-state index in [1.165, 1.54) is 39.4 Å². The molecule has 3 heteroatoms. The highest BCUT2D eigenvalue weighted by Gasteiger charge is 2.31. The summed E-state index contributed by atoms with van der Waals surface area (Å²) >= 11 is 0. The quantitative estimate of drug-likeness (QED) is 0.833. The third-order valence-corrected chi connectivity index (χ3v) is 4.77. The highest BCUT2D eigenvalue weighted by atomic mass is 35.5. The van der Waals surface area contributed by atoms with Gasteiger partial charge in [0, 0.05) is 0 Å². The number of amidine groups is 1. The minimum absolute atomic E-state index is 0. The van der Waals surface area contributed by atoms with Gasteiger partial charge in [-0.15, -0.1) is 0 Å². The Labute approximate surface area is 157 Å². The molecule has 0 saturated heterocycles. The number of benzene rings is 2. The summed E-state index contributed by atoms with van der Waals surface area (Å²) in [5.74, 6) is 1.23. The molecule has 0 aliphatic carbocycles. The van der Waals surface area contributed by atoms with Gasteiger partial charge in [-0.2, -0.15) is 0 Å². The topological polar surface area (TPSA) is 15.0 Å². The number of para-hydroxylation sites is 1. The van der Waals surface area contributed by atoms with Gasteiger partial charge in [0.2, 0.25) is 0 Å². The smallest absolute Gasteiger partial charge is 0.283 e. The highest BCUT2D eigenvalue weighted by Crippen LogP contribution is 2.29. The maximum Gasteiger partial charge on any atom is 0.283 e. The minimum atomic E-state index is 0. The molecule has 0 bridgehead atoms. The van der Waals surface area contributed by atoms with Gasteiger partial charge in [-0.05, 0) is 56.9 Å². The van der Waals surface area contributed by atoms with Crippen molar-refractivity contribution in [3.05, 3.63) is 70.8 Å². The molecule has 0 fully saturated rings. The molecular formula is C22H27ClN2. The van der Waals surface area contributed by atoms with Crippen molar-refractivity contribution < 1.29 is 17.0 Å². The Morgan fingerprint density at radius 1 is 0.880 bits per heavy atom. The van der Waals surface area contributed by atoms with E-state index in [2.05, 4.69) is 93.0 Å². The molecule has 0 aromatic heterocycles. The van der Waals surface area contributed by atoms with Crippen molar-refractivity contribution in [3.63, 3.8) is 0 Å². The van der Waals surface area contributed by atoms with Gasteiger partial charge in [-0.3, -0.25) is 4.58 Å². The Kier molecular flexibility index (Phi) is 6.07. The van der Waals surface area contributed by atoms with Crippen molar-refractivity contribution in [3.8, 4) is 0 Å². The van der Waals surface area contributed by atoms with Gasteiger partial charge in [0.15, 0.2) is 0 Å². The van der Waals surface area contributed by atoms with E-state index >= 15 is 0 Å². The largest absolute Gasteiger partial charge is 1.00 e. The lowest BCUT2D eigenvalue weighted by atomic mass is 10.0. The molecule has 2 aromatic carbocycles. The summed E-state index contributed by atoms with van der Waals surface area (Å²) in [7, 11) is 0. The van der Waals surface area contributed by atoms with Crippen molar-refractivity contribution in [1.82, 2.24) is 0 Å². The maximum atomic E-state index is 3.77. The van der Waals surface area contributed by atoms with Crippen LogP contribution in [-0.2, 0) is 0 Å². The van der Waals surface area contributed by atoms with Crippen molar-refractivity contribution in [2.75, 3.05) is 11.9 Å². The van der Waals surface area contributed by atoms with Crippen LogP contribution in [0, 0.1) is 13.8 Å². The lowest BCUT2D eigenvalue weighted by Gasteiger charge is -2.14. The van der Waals surface area contributed by atoms with E-state index < -0.39 is 0 Å². The fourth-order valence-electron chi connectivity index (χ4n) is 3.45. The number of halogens is 1. The Morgan fingerprint density at radius 3 is 2.04 bits per heavy atom.